The predicted molar refractivity (Wildman–Crippen MR) is 136 cm³/mol. The Kier molecular flexibility index (Phi) is 13.9. The molecule has 30 heavy (non-hydrogen) atoms. The van der Waals surface area contributed by atoms with Crippen molar-refractivity contribution in [3.05, 3.63) is 35.4 Å². The molecule has 0 fully saturated rings. The fraction of sp³-hybridized carbons (Fsp3) is 0.636. The summed E-state index contributed by atoms with van der Waals surface area (Å²) in [5.41, 5.74) is 1.68. The maximum atomic E-state index is 12.3. The van der Waals surface area contributed by atoms with E-state index in [1.807, 2.05) is 50.2 Å². The van der Waals surface area contributed by atoms with Crippen molar-refractivity contribution in [2.24, 2.45) is 10.4 Å². The fourth-order valence-electron chi connectivity index (χ4n) is 2.75. The number of guanidine groups is 1. The molecular formula is C22H40IN5O2. The zero-order valence-corrected chi connectivity index (χ0v) is 21.9. The van der Waals surface area contributed by atoms with Crippen molar-refractivity contribution in [3.8, 4) is 0 Å². The summed E-state index contributed by atoms with van der Waals surface area (Å²) in [4.78, 5) is 19.0. The van der Waals surface area contributed by atoms with Gasteiger partial charge in [0.15, 0.2) is 5.96 Å². The number of rotatable bonds is 10. The van der Waals surface area contributed by atoms with Crippen molar-refractivity contribution < 1.29 is 9.53 Å². The third kappa shape index (κ3) is 11.1. The number of nitrogens with zero attached hydrogens (tertiary/aromatic N) is 2. The van der Waals surface area contributed by atoms with E-state index in [2.05, 4.69) is 41.7 Å². The summed E-state index contributed by atoms with van der Waals surface area (Å²) >= 11 is 0. The van der Waals surface area contributed by atoms with Crippen LogP contribution in [-0.4, -0.2) is 70.3 Å². The second-order valence-electron chi connectivity index (χ2n) is 8.43. The summed E-state index contributed by atoms with van der Waals surface area (Å²) < 4.78 is 5.60. The molecule has 3 N–H and O–H groups in total. The van der Waals surface area contributed by atoms with Crippen molar-refractivity contribution in [2.45, 2.75) is 40.3 Å². The molecule has 1 atom stereocenters. The molecule has 1 rings (SSSR count). The van der Waals surface area contributed by atoms with Crippen molar-refractivity contribution in [3.63, 3.8) is 0 Å². The van der Waals surface area contributed by atoms with Crippen molar-refractivity contribution in [1.29, 1.82) is 0 Å². The SMILES string of the molecule is CCNC(=NCc1cccc(C(=O)NCCN(C)C)c1)NCC(OC)C(C)(C)C.I. The lowest BCUT2D eigenvalue weighted by atomic mass is 9.89. The number of methoxy groups -OCH3 is 1. The van der Waals surface area contributed by atoms with E-state index in [0.717, 1.165) is 24.6 Å². The van der Waals surface area contributed by atoms with Gasteiger partial charge in [0, 0.05) is 38.9 Å². The highest BCUT2D eigenvalue weighted by Crippen LogP contribution is 2.20. The number of carbonyl (C=O) groups excluding carboxylic acids is 1. The van der Waals surface area contributed by atoms with Gasteiger partial charge in [-0.2, -0.15) is 0 Å². The summed E-state index contributed by atoms with van der Waals surface area (Å²) in [6.07, 6.45) is 0.0699. The smallest absolute Gasteiger partial charge is 0.251 e. The van der Waals surface area contributed by atoms with Gasteiger partial charge in [0.25, 0.3) is 5.91 Å². The quantitative estimate of drug-likeness (QED) is 0.245. The van der Waals surface area contributed by atoms with Crippen LogP contribution in [0.4, 0.5) is 0 Å². The number of nitrogens with one attached hydrogen (secondary N) is 3. The lowest BCUT2D eigenvalue weighted by molar-refractivity contribution is 0.0205. The first-order chi connectivity index (χ1) is 13.7. The van der Waals surface area contributed by atoms with Crippen LogP contribution >= 0.6 is 24.0 Å². The molecule has 0 aliphatic heterocycles. The Morgan fingerprint density at radius 3 is 2.47 bits per heavy atom. The first-order valence-electron chi connectivity index (χ1n) is 10.2. The van der Waals surface area contributed by atoms with Gasteiger partial charge in [-0.3, -0.25) is 4.79 Å². The summed E-state index contributed by atoms with van der Waals surface area (Å²) in [5, 5.41) is 9.55. The Labute approximate surface area is 199 Å². The van der Waals surface area contributed by atoms with Crippen LogP contribution in [0.2, 0.25) is 0 Å². The fourth-order valence-corrected chi connectivity index (χ4v) is 2.75. The summed E-state index contributed by atoms with van der Waals surface area (Å²) in [6.45, 7) is 11.9. The van der Waals surface area contributed by atoms with Crippen molar-refractivity contribution in [1.82, 2.24) is 20.9 Å². The van der Waals surface area contributed by atoms with E-state index in [0.29, 0.717) is 25.2 Å². The van der Waals surface area contributed by atoms with Crippen LogP contribution in [-0.2, 0) is 11.3 Å². The third-order valence-electron chi connectivity index (χ3n) is 4.50. The first-order valence-corrected chi connectivity index (χ1v) is 10.2. The lowest BCUT2D eigenvalue weighted by Crippen LogP contribution is -2.45. The number of aliphatic imine (C=N–C) groups is 1. The van der Waals surface area contributed by atoms with Crippen LogP contribution in [0.15, 0.2) is 29.3 Å². The van der Waals surface area contributed by atoms with E-state index in [9.17, 15) is 4.79 Å². The maximum absolute atomic E-state index is 12.3. The Morgan fingerprint density at radius 2 is 1.90 bits per heavy atom. The number of benzene rings is 1. The first kappa shape index (κ1) is 28.6. The highest BCUT2D eigenvalue weighted by atomic mass is 127. The summed E-state index contributed by atoms with van der Waals surface area (Å²) in [6, 6.07) is 7.60. The van der Waals surface area contributed by atoms with Crippen LogP contribution in [0.1, 0.15) is 43.6 Å². The second kappa shape index (κ2) is 14.6. The Bertz CT molecular complexity index is 659. The average Bonchev–Trinajstić information content (AvgIpc) is 2.65. The van der Waals surface area contributed by atoms with Crippen LogP contribution in [0.25, 0.3) is 0 Å². The molecule has 0 spiro atoms. The molecule has 0 saturated heterocycles. The number of amides is 1. The lowest BCUT2D eigenvalue weighted by Gasteiger charge is -2.30. The minimum absolute atomic E-state index is 0. The molecule has 0 radical (unpaired) electrons. The standard InChI is InChI=1S/C22H39N5O2.HI/c1-8-23-21(26-16-19(29-7)22(2,3)4)25-15-17-10-9-11-18(14-17)20(28)24-12-13-27(5)6;/h9-11,14,19H,8,12-13,15-16H2,1-7H3,(H,24,28)(H2,23,25,26);1H. The van der Waals surface area contributed by atoms with Gasteiger partial charge in [0.2, 0.25) is 0 Å². The third-order valence-corrected chi connectivity index (χ3v) is 4.50. The number of ether oxygens (including phenoxy) is 1. The van der Waals surface area contributed by atoms with Crippen LogP contribution in [0.5, 0.6) is 0 Å². The van der Waals surface area contributed by atoms with E-state index >= 15 is 0 Å². The van der Waals surface area contributed by atoms with Gasteiger partial charge in [-0.05, 0) is 44.1 Å². The molecule has 1 amide bonds. The molecular weight excluding hydrogens is 493 g/mol. The second-order valence-corrected chi connectivity index (χ2v) is 8.43. The minimum Gasteiger partial charge on any atom is -0.379 e. The maximum Gasteiger partial charge on any atom is 0.251 e. The Balaban J connectivity index is 0.00000841. The predicted octanol–water partition coefficient (Wildman–Crippen LogP) is 2.71. The molecule has 8 heteroatoms. The minimum atomic E-state index is -0.0594. The summed E-state index contributed by atoms with van der Waals surface area (Å²) in [7, 11) is 5.70. The van der Waals surface area contributed by atoms with Crippen molar-refractivity contribution >= 4 is 35.8 Å². The molecule has 1 unspecified atom stereocenters. The number of hydrogen-bond donors (Lipinski definition) is 3. The van der Waals surface area contributed by atoms with Crippen LogP contribution in [0.3, 0.4) is 0 Å². The van der Waals surface area contributed by atoms with Gasteiger partial charge in [-0.25, -0.2) is 4.99 Å². The van der Waals surface area contributed by atoms with E-state index in [-0.39, 0.29) is 41.4 Å². The highest BCUT2D eigenvalue weighted by molar-refractivity contribution is 14.0. The Morgan fingerprint density at radius 1 is 1.20 bits per heavy atom. The highest BCUT2D eigenvalue weighted by Gasteiger charge is 2.24. The number of carbonyl (C=O) groups is 1. The molecule has 0 heterocycles. The van der Waals surface area contributed by atoms with Gasteiger partial charge in [-0.1, -0.05) is 32.9 Å². The molecule has 0 saturated carbocycles. The molecule has 0 bridgehead atoms. The molecule has 0 aromatic heterocycles. The normalized spacial score (nSPS) is 12.9. The van der Waals surface area contributed by atoms with Gasteiger partial charge in [0.05, 0.1) is 12.6 Å². The number of halogens is 1. The van der Waals surface area contributed by atoms with E-state index in [4.69, 9.17) is 4.74 Å². The largest absolute Gasteiger partial charge is 0.379 e. The van der Waals surface area contributed by atoms with Gasteiger partial charge >= 0.3 is 0 Å². The Hall–Kier alpha value is -1.39. The molecule has 0 aliphatic carbocycles. The zero-order valence-electron chi connectivity index (χ0n) is 19.5. The molecule has 7 nitrogen and oxygen atoms in total. The zero-order chi connectivity index (χ0) is 21.9. The van der Waals surface area contributed by atoms with E-state index in [1.54, 1.807) is 7.11 Å². The summed E-state index contributed by atoms with van der Waals surface area (Å²) in [5.74, 6) is 0.676. The molecule has 1 aromatic carbocycles. The van der Waals surface area contributed by atoms with E-state index in [1.165, 1.54) is 0 Å². The molecule has 1 aromatic rings. The monoisotopic (exact) mass is 533 g/mol. The van der Waals surface area contributed by atoms with Gasteiger partial charge < -0.3 is 25.6 Å². The topological polar surface area (TPSA) is 78.0 Å². The number of hydrogen-bond acceptors (Lipinski definition) is 4. The van der Waals surface area contributed by atoms with E-state index < -0.39 is 0 Å². The van der Waals surface area contributed by atoms with Crippen LogP contribution in [0, 0.1) is 5.41 Å². The van der Waals surface area contributed by atoms with Gasteiger partial charge in [-0.15, -0.1) is 24.0 Å². The van der Waals surface area contributed by atoms with Crippen LogP contribution < -0.4 is 16.0 Å². The molecule has 172 valence electrons. The van der Waals surface area contributed by atoms with Gasteiger partial charge in [0.1, 0.15) is 0 Å². The number of likely N-dealkylation sites (N-methyl/N-ethyl adjacent to an activating group) is 1. The van der Waals surface area contributed by atoms with Crippen molar-refractivity contribution in [2.75, 3.05) is 47.4 Å². The average molecular weight is 533 g/mol. The molecule has 0 aliphatic rings.